The van der Waals surface area contributed by atoms with E-state index in [1.807, 2.05) is 91.0 Å². The first-order valence-corrected chi connectivity index (χ1v) is 17.6. The van der Waals surface area contributed by atoms with Crippen molar-refractivity contribution in [2.45, 2.75) is 65.7 Å². The molecule has 3 rings (SSSR count). The van der Waals surface area contributed by atoms with Gasteiger partial charge in [-0.3, -0.25) is 0 Å². The molecule has 0 heterocycles. The molecule has 42 heavy (non-hydrogen) atoms. The summed E-state index contributed by atoms with van der Waals surface area (Å²) in [6, 6.07) is 28.2. The molecule has 0 spiro atoms. The van der Waals surface area contributed by atoms with Gasteiger partial charge in [-0.1, -0.05) is 0 Å². The van der Waals surface area contributed by atoms with Gasteiger partial charge in [0.1, 0.15) is 0 Å². The molecule has 0 aromatic heterocycles. The molecule has 0 radical (unpaired) electrons. The predicted molar refractivity (Wildman–Crippen MR) is 173 cm³/mol. The molecule has 0 aliphatic heterocycles. The van der Waals surface area contributed by atoms with E-state index in [0.717, 1.165) is 32.1 Å². The fourth-order valence-corrected chi connectivity index (χ4v) is 9.87. The third kappa shape index (κ3) is 7.67. The number of unbranched alkanes of at least 4 members (excludes halogenated alkanes) is 5. The number of carbonyl (C=O) groups is 3. The van der Waals surface area contributed by atoms with Crippen LogP contribution < -0.4 is 21.2 Å². The zero-order valence-electron chi connectivity index (χ0n) is 24.7. The molecule has 224 valence electrons. The number of amides is 1. The summed E-state index contributed by atoms with van der Waals surface area (Å²) < 4.78 is 11.5. The van der Waals surface area contributed by atoms with Gasteiger partial charge in [-0.15, -0.1) is 0 Å². The number of benzene rings is 3. The van der Waals surface area contributed by atoms with Gasteiger partial charge >= 0.3 is 255 Å². The Balaban J connectivity index is 2.13. The second kappa shape index (κ2) is 15.7. The van der Waals surface area contributed by atoms with E-state index in [2.05, 4.69) is 12.2 Å². The van der Waals surface area contributed by atoms with Gasteiger partial charge in [0.05, 0.1) is 0 Å². The number of rotatable bonds is 14. The molecule has 8 heteroatoms. The number of hydrogen-bond acceptors (Lipinski definition) is 5. The van der Waals surface area contributed by atoms with Crippen molar-refractivity contribution in [1.82, 2.24) is 5.32 Å². The summed E-state index contributed by atoms with van der Waals surface area (Å²) in [6.45, 7) is 5.45. The quantitative estimate of drug-likeness (QED) is 0.0712. The normalized spacial score (nSPS) is 12.8. The zero-order valence-corrected chi connectivity index (χ0v) is 26.3. The van der Waals surface area contributed by atoms with Gasteiger partial charge in [0, 0.05) is 0 Å². The van der Waals surface area contributed by atoms with E-state index < -0.39 is 24.0 Å². The van der Waals surface area contributed by atoms with Crippen LogP contribution in [-0.2, 0) is 23.6 Å². The van der Waals surface area contributed by atoms with Crippen LogP contribution in [0.1, 0.15) is 65.7 Å². The van der Waals surface area contributed by atoms with E-state index in [0.29, 0.717) is 28.8 Å². The number of ether oxygens (including phenoxy) is 1. The van der Waals surface area contributed by atoms with Gasteiger partial charge in [0.25, 0.3) is 0 Å². The third-order valence-electron chi connectivity index (χ3n) is 7.15. The second-order valence-corrected chi connectivity index (χ2v) is 15.6. The van der Waals surface area contributed by atoms with Gasteiger partial charge in [-0.2, -0.15) is 0 Å². The molecule has 0 unspecified atom stereocenters. The van der Waals surface area contributed by atoms with Gasteiger partial charge in [0.15, 0.2) is 0 Å². The molecule has 0 atom stereocenters. The van der Waals surface area contributed by atoms with E-state index in [1.165, 1.54) is 0 Å². The van der Waals surface area contributed by atoms with Crippen LogP contribution in [0.5, 0.6) is 0 Å². The second-order valence-electron chi connectivity index (χ2n) is 10.1. The summed E-state index contributed by atoms with van der Waals surface area (Å²) in [5.74, 6) is -2.60. The number of halogens is 1. The van der Waals surface area contributed by atoms with Crippen LogP contribution in [0, 0.1) is 0 Å². The van der Waals surface area contributed by atoms with Crippen molar-refractivity contribution < 1.29 is 23.6 Å². The number of carbonyl (C=O) groups excluding carboxylic acids is 3. The Morgan fingerprint density at radius 1 is 0.690 bits per heavy atom. The van der Waals surface area contributed by atoms with Crippen LogP contribution >= 0.6 is 17.4 Å². The maximum atomic E-state index is 14.4. The van der Waals surface area contributed by atoms with Crippen molar-refractivity contribution >= 4 is 51.2 Å². The van der Waals surface area contributed by atoms with Crippen LogP contribution in [-0.4, -0.2) is 24.5 Å². The Bertz CT molecular complexity index is 1260. The Morgan fingerprint density at radius 3 is 1.60 bits per heavy atom. The molecule has 1 amide bonds. The van der Waals surface area contributed by atoms with Crippen molar-refractivity contribution in [3.8, 4) is 0 Å². The van der Waals surface area contributed by atoms with Crippen molar-refractivity contribution in [1.29, 1.82) is 0 Å². The first-order valence-electron chi connectivity index (χ1n) is 14.6. The number of esters is 1. The molecule has 0 fully saturated rings. The Hall–Kier alpha value is -3.47. The van der Waals surface area contributed by atoms with E-state index in [1.54, 1.807) is 13.8 Å². The summed E-state index contributed by atoms with van der Waals surface area (Å²) in [6.07, 6.45) is 2.05. The summed E-state index contributed by atoms with van der Waals surface area (Å²) in [5.41, 5.74) is 0.503. The average molecular weight is 610 g/mol. The maximum absolute atomic E-state index is 14.4. The van der Waals surface area contributed by atoms with E-state index >= 15 is 0 Å². The molecule has 0 aliphatic rings. The number of nitrogens with one attached hydrogen (secondary N) is 1. The summed E-state index contributed by atoms with van der Waals surface area (Å²) in [7, 11) is 0. The summed E-state index contributed by atoms with van der Waals surface area (Å²) in [4.78, 5) is 39.0. The first kappa shape index (κ1) is 33.0. The van der Waals surface area contributed by atoms with Crippen LogP contribution in [0.2, 0.25) is 0 Å². The molecular formula is C34H41ClNO5P. The fraction of sp³-hybridized carbons (Fsp3) is 0.324. The minimum atomic E-state index is -4.38. The standard InChI is InChI=1S/C34H41ClNO5P/c1-4-6-7-8-9-19-26-31(27(3)36-32(37)34(39)40-5-2)33(38)41-42(35,28-20-13-10-14-21-28,29-22-15-11-16-23-29)30-24-17-12-18-25-30/h10-18,20-25H,4-9,19,26H2,1-3H3,(H,36,37)/b31-27-. The molecule has 0 aliphatic carbocycles. The monoisotopic (exact) mass is 609 g/mol. The average Bonchev–Trinajstić information content (AvgIpc) is 3.02. The Labute approximate surface area is 254 Å². The number of allylic oxidation sites excluding steroid dienone is 1. The SMILES string of the molecule is CCCCCCCC/C(C(=O)OP(Cl)(c1ccccc1)(c1ccccc1)c1ccccc1)=C(\C)NC(=O)C(=O)OCC. The van der Waals surface area contributed by atoms with Gasteiger partial charge < -0.3 is 0 Å². The van der Waals surface area contributed by atoms with Gasteiger partial charge in [0.2, 0.25) is 0 Å². The molecule has 0 saturated carbocycles. The van der Waals surface area contributed by atoms with Crippen molar-refractivity contribution in [3.63, 3.8) is 0 Å². The first-order chi connectivity index (χ1) is 20.3. The Morgan fingerprint density at radius 2 is 1.14 bits per heavy atom. The Kier molecular flexibility index (Phi) is 12.3. The van der Waals surface area contributed by atoms with Crippen molar-refractivity contribution in [3.05, 3.63) is 102 Å². The predicted octanol–water partition coefficient (Wildman–Crippen LogP) is 6.83. The van der Waals surface area contributed by atoms with E-state index in [-0.39, 0.29) is 17.9 Å². The molecule has 3 aromatic rings. The molecule has 0 bridgehead atoms. The molecule has 3 aromatic carbocycles. The van der Waals surface area contributed by atoms with Crippen LogP contribution in [0.15, 0.2) is 102 Å². The van der Waals surface area contributed by atoms with Gasteiger partial charge in [-0.05, 0) is 0 Å². The van der Waals surface area contributed by atoms with Crippen LogP contribution in [0.3, 0.4) is 0 Å². The third-order valence-corrected chi connectivity index (χ3v) is 13.3. The van der Waals surface area contributed by atoms with Crippen LogP contribution in [0.4, 0.5) is 0 Å². The zero-order chi connectivity index (χ0) is 30.5. The molecule has 6 nitrogen and oxygen atoms in total. The van der Waals surface area contributed by atoms with Gasteiger partial charge in [-0.25, -0.2) is 0 Å². The fourth-order valence-electron chi connectivity index (χ4n) is 4.92. The summed E-state index contributed by atoms with van der Waals surface area (Å²) >= 11 is 7.94. The van der Waals surface area contributed by atoms with Crippen molar-refractivity contribution in [2.75, 3.05) is 6.61 Å². The number of hydrogen-bond donors (Lipinski definition) is 1. The summed E-state index contributed by atoms with van der Waals surface area (Å²) in [5, 5.41) is 4.57. The molecule has 0 saturated heterocycles. The van der Waals surface area contributed by atoms with E-state index in [9.17, 15) is 14.4 Å². The molecular weight excluding hydrogens is 569 g/mol. The van der Waals surface area contributed by atoms with Crippen LogP contribution in [0.25, 0.3) is 0 Å². The topological polar surface area (TPSA) is 81.7 Å². The van der Waals surface area contributed by atoms with Crippen molar-refractivity contribution in [2.24, 2.45) is 0 Å². The van der Waals surface area contributed by atoms with E-state index in [4.69, 9.17) is 20.5 Å². The molecule has 1 N–H and O–H groups in total. The minimum absolute atomic E-state index is 0.0633.